The van der Waals surface area contributed by atoms with Gasteiger partial charge in [0.25, 0.3) is 5.91 Å². The normalized spacial score (nSPS) is 10.0. The molecule has 21 heavy (non-hydrogen) atoms. The lowest BCUT2D eigenvalue weighted by molar-refractivity contribution is 0.0947. The second kappa shape index (κ2) is 6.74. The minimum absolute atomic E-state index is 0.164. The summed E-state index contributed by atoms with van der Waals surface area (Å²) in [6, 6.07) is 11.1. The van der Waals surface area contributed by atoms with Crippen molar-refractivity contribution in [1.82, 2.24) is 5.32 Å². The molecule has 1 N–H and O–H groups in total. The highest BCUT2D eigenvalue weighted by molar-refractivity contribution is 5.96. The van der Waals surface area contributed by atoms with Crippen molar-refractivity contribution in [1.29, 1.82) is 0 Å². The maximum absolute atomic E-state index is 13.3. The van der Waals surface area contributed by atoms with E-state index in [1.807, 2.05) is 0 Å². The summed E-state index contributed by atoms with van der Waals surface area (Å²) in [5.41, 5.74) is 0.996. The molecule has 1 amide bonds. The van der Waals surface area contributed by atoms with Crippen LogP contribution in [0.3, 0.4) is 0 Å². The molecule has 0 aliphatic carbocycles. The van der Waals surface area contributed by atoms with Crippen LogP contribution in [0.5, 0.6) is 11.5 Å². The Labute approximate surface area is 122 Å². The van der Waals surface area contributed by atoms with Crippen LogP contribution in [0.15, 0.2) is 42.5 Å². The SMILES string of the molecule is COc1ccc(F)cc1CNC(=O)c1ccccc1OC. The van der Waals surface area contributed by atoms with Gasteiger partial charge in [0, 0.05) is 12.1 Å². The number of nitrogens with one attached hydrogen (secondary N) is 1. The van der Waals surface area contributed by atoms with Crippen molar-refractivity contribution < 1.29 is 18.7 Å². The Morgan fingerprint density at radius 1 is 1.10 bits per heavy atom. The predicted molar refractivity (Wildman–Crippen MR) is 77.1 cm³/mol. The molecular weight excluding hydrogens is 273 g/mol. The van der Waals surface area contributed by atoms with Gasteiger partial charge in [0.2, 0.25) is 0 Å². The number of para-hydroxylation sites is 1. The molecule has 0 aromatic heterocycles. The average molecular weight is 289 g/mol. The number of methoxy groups -OCH3 is 2. The van der Waals surface area contributed by atoms with E-state index < -0.39 is 0 Å². The van der Waals surface area contributed by atoms with Gasteiger partial charge in [-0.2, -0.15) is 0 Å². The first kappa shape index (κ1) is 14.8. The lowest BCUT2D eigenvalue weighted by Crippen LogP contribution is -2.23. The molecular formula is C16H16FNO3. The van der Waals surface area contributed by atoms with Crippen molar-refractivity contribution >= 4 is 5.91 Å². The van der Waals surface area contributed by atoms with Crippen LogP contribution in [-0.2, 0) is 6.54 Å². The molecule has 0 saturated carbocycles. The zero-order valence-corrected chi connectivity index (χ0v) is 11.9. The number of halogens is 1. The lowest BCUT2D eigenvalue weighted by Gasteiger charge is -2.11. The average Bonchev–Trinajstić information content (AvgIpc) is 2.52. The van der Waals surface area contributed by atoms with Crippen LogP contribution in [0.4, 0.5) is 4.39 Å². The van der Waals surface area contributed by atoms with Gasteiger partial charge in [-0.25, -0.2) is 4.39 Å². The first-order valence-electron chi connectivity index (χ1n) is 6.39. The summed E-state index contributed by atoms with van der Waals surface area (Å²) in [6.07, 6.45) is 0. The summed E-state index contributed by atoms with van der Waals surface area (Å²) >= 11 is 0. The van der Waals surface area contributed by atoms with Crippen molar-refractivity contribution in [3.8, 4) is 11.5 Å². The number of hydrogen-bond acceptors (Lipinski definition) is 3. The Morgan fingerprint density at radius 3 is 2.52 bits per heavy atom. The van der Waals surface area contributed by atoms with E-state index in [1.54, 1.807) is 24.3 Å². The smallest absolute Gasteiger partial charge is 0.255 e. The fourth-order valence-corrected chi connectivity index (χ4v) is 1.99. The Balaban J connectivity index is 2.13. The van der Waals surface area contributed by atoms with Gasteiger partial charge in [-0.3, -0.25) is 4.79 Å². The number of carbonyl (C=O) groups is 1. The Bertz CT molecular complexity index is 643. The molecule has 110 valence electrons. The van der Waals surface area contributed by atoms with Crippen molar-refractivity contribution in [2.45, 2.75) is 6.54 Å². The zero-order chi connectivity index (χ0) is 15.2. The van der Waals surface area contributed by atoms with Crippen LogP contribution >= 0.6 is 0 Å². The van der Waals surface area contributed by atoms with E-state index in [-0.39, 0.29) is 18.3 Å². The van der Waals surface area contributed by atoms with E-state index in [0.29, 0.717) is 22.6 Å². The molecule has 0 saturated heterocycles. The third-order valence-corrected chi connectivity index (χ3v) is 3.03. The minimum Gasteiger partial charge on any atom is -0.496 e. The topological polar surface area (TPSA) is 47.6 Å². The highest BCUT2D eigenvalue weighted by Gasteiger charge is 2.12. The summed E-state index contributed by atoms with van der Waals surface area (Å²) in [6.45, 7) is 0.164. The van der Waals surface area contributed by atoms with E-state index in [2.05, 4.69) is 5.32 Å². The number of ether oxygens (including phenoxy) is 2. The molecule has 2 rings (SSSR count). The highest BCUT2D eigenvalue weighted by Crippen LogP contribution is 2.20. The van der Waals surface area contributed by atoms with Crippen LogP contribution in [0.25, 0.3) is 0 Å². The summed E-state index contributed by atoms with van der Waals surface area (Å²) in [5, 5.41) is 2.73. The third kappa shape index (κ3) is 3.51. The maximum Gasteiger partial charge on any atom is 0.255 e. The predicted octanol–water partition coefficient (Wildman–Crippen LogP) is 2.77. The molecule has 0 atom stereocenters. The van der Waals surface area contributed by atoms with Crippen LogP contribution < -0.4 is 14.8 Å². The fourth-order valence-electron chi connectivity index (χ4n) is 1.99. The van der Waals surface area contributed by atoms with Crippen LogP contribution in [0.1, 0.15) is 15.9 Å². The zero-order valence-electron chi connectivity index (χ0n) is 11.9. The van der Waals surface area contributed by atoms with Crippen molar-refractivity contribution in [3.63, 3.8) is 0 Å². The van der Waals surface area contributed by atoms with E-state index >= 15 is 0 Å². The van der Waals surface area contributed by atoms with E-state index in [0.717, 1.165) is 0 Å². The minimum atomic E-state index is -0.377. The summed E-state index contributed by atoms with van der Waals surface area (Å²) in [7, 11) is 3.00. The first-order chi connectivity index (χ1) is 10.2. The van der Waals surface area contributed by atoms with Crippen molar-refractivity contribution in [2.75, 3.05) is 14.2 Å². The Morgan fingerprint density at radius 2 is 1.81 bits per heavy atom. The number of rotatable bonds is 5. The molecule has 4 nitrogen and oxygen atoms in total. The largest absolute Gasteiger partial charge is 0.496 e. The molecule has 2 aromatic rings. The second-order valence-corrected chi connectivity index (χ2v) is 4.34. The molecule has 0 bridgehead atoms. The van der Waals surface area contributed by atoms with E-state index in [9.17, 15) is 9.18 Å². The number of carbonyl (C=O) groups excluding carboxylic acids is 1. The van der Waals surface area contributed by atoms with Gasteiger partial charge in [0.15, 0.2) is 0 Å². The number of hydrogen-bond donors (Lipinski definition) is 1. The Kier molecular flexibility index (Phi) is 4.77. The quantitative estimate of drug-likeness (QED) is 0.920. The third-order valence-electron chi connectivity index (χ3n) is 3.03. The van der Waals surface area contributed by atoms with Gasteiger partial charge >= 0.3 is 0 Å². The maximum atomic E-state index is 13.3. The second-order valence-electron chi connectivity index (χ2n) is 4.34. The van der Waals surface area contributed by atoms with Crippen molar-refractivity contribution in [3.05, 3.63) is 59.4 Å². The van der Waals surface area contributed by atoms with Gasteiger partial charge in [0.05, 0.1) is 19.8 Å². The van der Waals surface area contributed by atoms with E-state index in [1.165, 1.54) is 32.4 Å². The van der Waals surface area contributed by atoms with Crippen LogP contribution in [-0.4, -0.2) is 20.1 Å². The molecule has 0 heterocycles. The molecule has 0 radical (unpaired) electrons. The highest BCUT2D eigenvalue weighted by atomic mass is 19.1. The van der Waals surface area contributed by atoms with E-state index in [4.69, 9.17) is 9.47 Å². The van der Waals surface area contributed by atoms with Gasteiger partial charge < -0.3 is 14.8 Å². The summed E-state index contributed by atoms with van der Waals surface area (Å²) in [4.78, 5) is 12.2. The molecule has 0 fully saturated rings. The fraction of sp³-hybridized carbons (Fsp3) is 0.188. The lowest BCUT2D eigenvalue weighted by atomic mass is 10.1. The molecule has 0 unspecified atom stereocenters. The number of benzene rings is 2. The molecule has 0 spiro atoms. The molecule has 2 aromatic carbocycles. The summed E-state index contributed by atoms with van der Waals surface area (Å²) < 4.78 is 23.5. The van der Waals surface area contributed by atoms with Crippen LogP contribution in [0, 0.1) is 5.82 Å². The van der Waals surface area contributed by atoms with Gasteiger partial charge in [-0.15, -0.1) is 0 Å². The van der Waals surface area contributed by atoms with Crippen LogP contribution in [0.2, 0.25) is 0 Å². The number of amides is 1. The monoisotopic (exact) mass is 289 g/mol. The molecule has 0 aliphatic rings. The van der Waals surface area contributed by atoms with Gasteiger partial charge in [-0.1, -0.05) is 12.1 Å². The molecule has 5 heteroatoms. The summed E-state index contributed by atoms with van der Waals surface area (Å²) in [5.74, 6) is 0.342. The standard InChI is InChI=1S/C16H16FNO3/c1-20-14-8-7-12(17)9-11(14)10-18-16(19)13-5-3-4-6-15(13)21-2/h3-9H,10H2,1-2H3,(H,18,19). The Hall–Kier alpha value is -2.56. The van der Waals surface area contributed by atoms with Crippen molar-refractivity contribution in [2.24, 2.45) is 0 Å². The molecule has 0 aliphatic heterocycles. The van der Waals surface area contributed by atoms with Gasteiger partial charge in [-0.05, 0) is 30.3 Å². The van der Waals surface area contributed by atoms with Gasteiger partial charge in [0.1, 0.15) is 17.3 Å². The first-order valence-corrected chi connectivity index (χ1v) is 6.39.